The van der Waals surface area contributed by atoms with Crippen LogP contribution in [0, 0.1) is 17.9 Å². The summed E-state index contributed by atoms with van der Waals surface area (Å²) in [6.07, 6.45) is 6.86. The molecule has 0 radical (unpaired) electrons. The van der Waals surface area contributed by atoms with Crippen LogP contribution in [-0.2, 0) is 15.1 Å². The molecule has 1 aliphatic carbocycles. The van der Waals surface area contributed by atoms with Gasteiger partial charge in [-0.25, -0.2) is 0 Å². The Bertz CT molecular complexity index is 1250. The summed E-state index contributed by atoms with van der Waals surface area (Å²) in [6.45, 7) is 2.63. The fourth-order valence-electron chi connectivity index (χ4n) is 5.84. The second-order valence-corrected chi connectivity index (χ2v) is 10.8. The van der Waals surface area contributed by atoms with Crippen LogP contribution >= 0.6 is 0 Å². The van der Waals surface area contributed by atoms with Crippen molar-refractivity contribution < 1.29 is 38.4 Å². The summed E-state index contributed by atoms with van der Waals surface area (Å²) in [5.41, 5.74) is 0.921. The molecule has 1 aliphatic heterocycles. The zero-order chi connectivity index (χ0) is 30.1. The highest BCUT2D eigenvalue weighted by molar-refractivity contribution is 5.79. The van der Waals surface area contributed by atoms with Gasteiger partial charge in [0.15, 0.2) is 23.0 Å². The van der Waals surface area contributed by atoms with Crippen LogP contribution < -0.4 is 23.7 Å². The predicted octanol–water partition coefficient (Wildman–Crippen LogP) is 6.41. The molecule has 9 nitrogen and oxygen atoms in total. The van der Waals surface area contributed by atoms with Gasteiger partial charge in [0.1, 0.15) is 5.60 Å². The first-order valence-corrected chi connectivity index (χ1v) is 14.7. The van der Waals surface area contributed by atoms with Crippen molar-refractivity contribution in [2.75, 3.05) is 35.0 Å². The van der Waals surface area contributed by atoms with Crippen LogP contribution in [0.5, 0.6) is 28.7 Å². The minimum atomic E-state index is -0.830. The number of nitrogens with zero attached hydrogens (tertiary/aromatic N) is 1. The minimum Gasteiger partial charge on any atom is -0.493 e. The van der Waals surface area contributed by atoms with E-state index < -0.39 is 5.60 Å². The maximum absolute atomic E-state index is 12.8. The van der Waals surface area contributed by atoms with Gasteiger partial charge in [0.25, 0.3) is 5.91 Å². The quantitative estimate of drug-likeness (QED) is 0.141. The number of hydrogen-bond donors (Lipinski definition) is 1. The van der Waals surface area contributed by atoms with E-state index >= 15 is 0 Å². The second kappa shape index (κ2) is 14.5. The molecule has 2 atom stereocenters. The first kappa shape index (κ1) is 31.3. The molecule has 4 rings (SSSR count). The van der Waals surface area contributed by atoms with E-state index in [4.69, 9.17) is 28.4 Å². The molecule has 42 heavy (non-hydrogen) atoms. The third kappa shape index (κ3) is 6.88. The van der Waals surface area contributed by atoms with Crippen molar-refractivity contribution in [2.45, 2.75) is 76.4 Å². The number of carbonyl (C=O) groups excluding carboxylic acids is 1. The van der Waals surface area contributed by atoms with Gasteiger partial charge in [-0.1, -0.05) is 38.2 Å². The third-order valence-electron chi connectivity index (χ3n) is 8.11. The predicted molar refractivity (Wildman–Crippen MR) is 157 cm³/mol. The molecule has 1 amide bonds. The van der Waals surface area contributed by atoms with Crippen LogP contribution in [-0.4, -0.2) is 51.2 Å². The van der Waals surface area contributed by atoms with Crippen molar-refractivity contribution in [3.05, 3.63) is 41.5 Å². The summed E-state index contributed by atoms with van der Waals surface area (Å²) in [7, 11) is 6.35. The van der Waals surface area contributed by atoms with Crippen LogP contribution in [0.2, 0.25) is 0 Å². The zero-order valence-electron chi connectivity index (χ0n) is 25.4. The maximum atomic E-state index is 12.8. The molecule has 2 aliphatic rings. The zero-order valence-corrected chi connectivity index (χ0v) is 25.4. The fraction of sp³-hybridized carbons (Fsp3) is 0.545. The van der Waals surface area contributed by atoms with E-state index in [1.807, 2.05) is 37.3 Å². The van der Waals surface area contributed by atoms with Gasteiger partial charge < -0.3 is 28.4 Å². The number of rotatable bonds is 11. The summed E-state index contributed by atoms with van der Waals surface area (Å²) in [4.78, 5) is 12.8. The topological polar surface area (TPSA) is 95.9 Å². The molecule has 2 aromatic rings. The molecule has 2 aromatic carbocycles. The largest absolute Gasteiger partial charge is 0.493 e. The smallest absolute Gasteiger partial charge is 0.261 e. The lowest BCUT2D eigenvalue weighted by atomic mass is 9.87. The van der Waals surface area contributed by atoms with Gasteiger partial charge in [0.2, 0.25) is 5.75 Å². The van der Waals surface area contributed by atoms with E-state index in [2.05, 4.69) is 12.0 Å². The molecule has 228 valence electrons. The first-order chi connectivity index (χ1) is 20.4. The SMILES string of the molecule is CCCOc1ccc(C2(CC#CN(O)C(=O)C3CCCCC3)CCC(c3cc(OC)c(OC)c(OC)c3)O2)cc1OC. The van der Waals surface area contributed by atoms with Crippen LogP contribution in [0.15, 0.2) is 30.3 Å². The van der Waals surface area contributed by atoms with E-state index in [9.17, 15) is 10.0 Å². The van der Waals surface area contributed by atoms with Crippen molar-refractivity contribution >= 4 is 5.91 Å². The highest BCUT2D eigenvalue weighted by Gasteiger charge is 2.43. The van der Waals surface area contributed by atoms with E-state index in [0.717, 1.165) is 49.7 Å². The van der Waals surface area contributed by atoms with Crippen LogP contribution in [0.4, 0.5) is 0 Å². The Morgan fingerprint density at radius 2 is 1.64 bits per heavy atom. The van der Waals surface area contributed by atoms with Crippen molar-refractivity contribution in [1.29, 1.82) is 0 Å². The number of benzene rings is 2. The van der Waals surface area contributed by atoms with Crippen molar-refractivity contribution in [2.24, 2.45) is 5.92 Å². The van der Waals surface area contributed by atoms with Gasteiger partial charge in [0, 0.05) is 18.4 Å². The number of ether oxygens (including phenoxy) is 6. The van der Waals surface area contributed by atoms with E-state index in [1.165, 1.54) is 0 Å². The van der Waals surface area contributed by atoms with Gasteiger partial charge in [-0.3, -0.25) is 10.0 Å². The molecular formula is C33H43NO8. The van der Waals surface area contributed by atoms with Gasteiger partial charge in [-0.15, -0.1) is 5.06 Å². The van der Waals surface area contributed by atoms with Gasteiger partial charge in [-0.2, -0.15) is 0 Å². The Labute approximate surface area is 248 Å². The highest BCUT2D eigenvalue weighted by atomic mass is 16.5. The Balaban J connectivity index is 1.66. The van der Waals surface area contributed by atoms with Crippen LogP contribution in [0.25, 0.3) is 0 Å². The number of methoxy groups -OCH3 is 4. The average molecular weight is 582 g/mol. The molecule has 0 bridgehead atoms. The summed E-state index contributed by atoms with van der Waals surface area (Å²) >= 11 is 0. The average Bonchev–Trinajstić information content (AvgIpc) is 3.48. The number of hydroxylamine groups is 2. The lowest BCUT2D eigenvalue weighted by Crippen LogP contribution is -2.31. The molecular weight excluding hydrogens is 538 g/mol. The van der Waals surface area contributed by atoms with Gasteiger partial charge in [-0.05, 0) is 67.5 Å². The van der Waals surface area contributed by atoms with Gasteiger partial charge in [0.05, 0.1) is 41.2 Å². The van der Waals surface area contributed by atoms with Crippen molar-refractivity contribution in [3.63, 3.8) is 0 Å². The number of carbonyl (C=O) groups is 1. The Morgan fingerprint density at radius 1 is 0.952 bits per heavy atom. The van der Waals surface area contributed by atoms with Crippen molar-refractivity contribution in [3.8, 4) is 40.7 Å². The summed E-state index contributed by atoms with van der Waals surface area (Å²) in [5, 5.41) is 11.1. The maximum Gasteiger partial charge on any atom is 0.261 e. The van der Waals surface area contributed by atoms with Crippen LogP contribution in [0.1, 0.15) is 81.9 Å². The molecule has 2 fully saturated rings. The molecule has 0 aromatic heterocycles. The monoisotopic (exact) mass is 581 g/mol. The van der Waals surface area contributed by atoms with Crippen molar-refractivity contribution in [1.82, 2.24) is 5.06 Å². The lowest BCUT2D eigenvalue weighted by Gasteiger charge is -2.29. The molecule has 0 spiro atoms. The molecule has 1 saturated carbocycles. The Hall–Kier alpha value is -3.61. The molecule has 1 saturated heterocycles. The lowest BCUT2D eigenvalue weighted by molar-refractivity contribution is -0.157. The second-order valence-electron chi connectivity index (χ2n) is 10.8. The highest BCUT2D eigenvalue weighted by Crippen LogP contribution is 2.51. The van der Waals surface area contributed by atoms with E-state index in [-0.39, 0.29) is 24.3 Å². The van der Waals surface area contributed by atoms with E-state index in [1.54, 1.807) is 28.4 Å². The summed E-state index contributed by atoms with van der Waals surface area (Å²) in [5.74, 6) is 5.39. The normalized spacial score (nSPS) is 20.3. The van der Waals surface area contributed by atoms with E-state index in [0.29, 0.717) is 53.3 Å². The van der Waals surface area contributed by atoms with Crippen LogP contribution in [0.3, 0.4) is 0 Å². The summed E-state index contributed by atoms with van der Waals surface area (Å²) in [6, 6.07) is 12.2. The fourth-order valence-corrected chi connectivity index (χ4v) is 5.84. The number of hydrogen-bond acceptors (Lipinski definition) is 8. The first-order valence-electron chi connectivity index (χ1n) is 14.7. The summed E-state index contributed by atoms with van der Waals surface area (Å²) < 4.78 is 35.0. The third-order valence-corrected chi connectivity index (χ3v) is 8.11. The Kier molecular flexibility index (Phi) is 10.8. The molecule has 1 N–H and O–H groups in total. The van der Waals surface area contributed by atoms with Gasteiger partial charge >= 0.3 is 0 Å². The minimum absolute atomic E-state index is 0.181. The molecule has 1 heterocycles. The Morgan fingerprint density at radius 3 is 2.26 bits per heavy atom. The number of amides is 1. The standard InChI is InChI=1S/C33H43NO8/c1-6-19-41-27-14-13-25(22-28(27)37-2)33(16-10-18-34(36)32(35)23-11-8-7-9-12-23)17-15-26(42-33)24-20-29(38-3)31(40-5)30(21-24)39-4/h13-14,20-23,26,36H,6-9,11-12,15-17,19H2,1-5H3. The molecule has 9 heteroatoms. The molecule has 2 unspecified atom stereocenters.